The van der Waals surface area contributed by atoms with E-state index in [1.54, 1.807) is 37.5 Å². The highest BCUT2D eigenvalue weighted by Gasteiger charge is 2.17. The second-order valence-corrected chi connectivity index (χ2v) is 5.41. The van der Waals surface area contributed by atoms with Crippen LogP contribution in [0.4, 0.5) is 4.39 Å². The SMILES string of the molecule is COc1ccc([C@H](C)NC(=O)c2cc(-c3cccnc3)on2)cc1F. The van der Waals surface area contributed by atoms with Gasteiger partial charge in [0.05, 0.1) is 13.2 Å². The maximum atomic E-state index is 13.8. The van der Waals surface area contributed by atoms with Crippen LogP contribution in [-0.2, 0) is 0 Å². The van der Waals surface area contributed by atoms with E-state index in [0.29, 0.717) is 11.3 Å². The number of hydrogen-bond acceptors (Lipinski definition) is 5. The van der Waals surface area contributed by atoms with Gasteiger partial charge in [-0.25, -0.2) is 4.39 Å². The lowest BCUT2D eigenvalue weighted by molar-refractivity contribution is 0.0930. The van der Waals surface area contributed by atoms with Crippen LogP contribution in [0.3, 0.4) is 0 Å². The Morgan fingerprint density at radius 1 is 1.32 bits per heavy atom. The summed E-state index contributed by atoms with van der Waals surface area (Å²) in [5, 5.41) is 6.53. The van der Waals surface area contributed by atoms with Crippen molar-refractivity contribution >= 4 is 5.91 Å². The summed E-state index contributed by atoms with van der Waals surface area (Å²) in [5.74, 6) is -0.301. The topological polar surface area (TPSA) is 77.2 Å². The number of ether oxygens (including phenoxy) is 1. The van der Waals surface area contributed by atoms with Crippen LogP contribution in [0.5, 0.6) is 5.75 Å². The molecule has 3 aromatic rings. The Labute approximate surface area is 143 Å². The summed E-state index contributed by atoms with van der Waals surface area (Å²) in [4.78, 5) is 16.3. The number of benzene rings is 1. The minimum atomic E-state index is -0.485. The molecule has 1 atom stereocenters. The largest absolute Gasteiger partial charge is 0.494 e. The van der Waals surface area contributed by atoms with E-state index in [0.717, 1.165) is 5.56 Å². The maximum Gasteiger partial charge on any atom is 0.273 e. The minimum Gasteiger partial charge on any atom is -0.494 e. The third kappa shape index (κ3) is 3.65. The summed E-state index contributed by atoms with van der Waals surface area (Å²) in [6.45, 7) is 1.75. The molecule has 25 heavy (non-hydrogen) atoms. The molecule has 2 aromatic heterocycles. The highest BCUT2D eigenvalue weighted by molar-refractivity contribution is 5.93. The average molecular weight is 341 g/mol. The molecule has 0 aliphatic carbocycles. The molecule has 0 spiro atoms. The Hall–Kier alpha value is -3.22. The molecule has 1 amide bonds. The predicted octanol–water partition coefficient (Wildman–Crippen LogP) is 3.38. The number of aromatic nitrogens is 2. The van der Waals surface area contributed by atoms with Gasteiger partial charge in [-0.1, -0.05) is 11.2 Å². The molecule has 0 saturated heterocycles. The quantitative estimate of drug-likeness (QED) is 0.770. The van der Waals surface area contributed by atoms with Crippen LogP contribution in [0.15, 0.2) is 53.3 Å². The molecule has 0 saturated carbocycles. The van der Waals surface area contributed by atoms with Crippen LogP contribution in [0.1, 0.15) is 29.0 Å². The standard InChI is InChI=1S/C18H16FN3O3/c1-11(12-5-6-16(24-2)14(19)8-12)21-18(23)15-9-17(25-22-15)13-4-3-7-20-10-13/h3-11H,1-2H3,(H,21,23)/t11-/m0/s1. The number of carbonyl (C=O) groups excluding carboxylic acids is 1. The van der Waals surface area contributed by atoms with Crippen LogP contribution in [0.25, 0.3) is 11.3 Å². The lowest BCUT2D eigenvalue weighted by atomic mass is 10.1. The fraction of sp³-hybridized carbons (Fsp3) is 0.167. The van der Waals surface area contributed by atoms with Gasteiger partial charge in [-0.05, 0) is 36.8 Å². The van der Waals surface area contributed by atoms with Crippen LogP contribution in [-0.4, -0.2) is 23.2 Å². The zero-order valence-electron chi connectivity index (χ0n) is 13.7. The van der Waals surface area contributed by atoms with Crippen molar-refractivity contribution in [3.63, 3.8) is 0 Å². The van der Waals surface area contributed by atoms with Crippen LogP contribution in [0, 0.1) is 5.82 Å². The number of carbonyl (C=O) groups is 1. The van der Waals surface area contributed by atoms with Gasteiger partial charge in [0.2, 0.25) is 0 Å². The number of nitrogens with zero attached hydrogens (tertiary/aromatic N) is 2. The number of pyridine rings is 1. The minimum absolute atomic E-state index is 0.139. The van der Waals surface area contributed by atoms with Crippen molar-refractivity contribution in [2.45, 2.75) is 13.0 Å². The van der Waals surface area contributed by atoms with Crippen molar-refractivity contribution < 1.29 is 18.4 Å². The second kappa shape index (κ2) is 7.12. The van der Waals surface area contributed by atoms with Gasteiger partial charge in [-0.15, -0.1) is 0 Å². The molecular formula is C18H16FN3O3. The highest BCUT2D eigenvalue weighted by Crippen LogP contribution is 2.23. The molecule has 6 nitrogen and oxygen atoms in total. The molecule has 0 radical (unpaired) electrons. The van der Waals surface area contributed by atoms with Crippen molar-refractivity contribution in [2.75, 3.05) is 7.11 Å². The Morgan fingerprint density at radius 3 is 2.84 bits per heavy atom. The van der Waals surface area contributed by atoms with E-state index in [9.17, 15) is 9.18 Å². The molecule has 128 valence electrons. The molecular weight excluding hydrogens is 325 g/mol. The maximum absolute atomic E-state index is 13.8. The smallest absolute Gasteiger partial charge is 0.273 e. The molecule has 0 unspecified atom stereocenters. The van der Waals surface area contributed by atoms with Gasteiger partial charge in [0, 0.05) is 24.0 Å². The molecule has 2 heterocycles. The van der Waals surface area contributed by atoms with Crippen molar-refractivity contribution in [2.24, 2.45) is 0 Å². The van der Waals surface area contributed by atoms with Gasteiger partial charge in [0.25, 0.3) is 5.91 Å². The van der Waals surface area contributed by atoms with Crippen molar-refractivity contribution in [1.82, 2.24) is 15.5 Å². The third-order valence-electron chi connectivity index (χ3n) is 3.71. The summed E-state index contributed by atoms with van der Waals surface area (Å²) in [5.41, 5.74) is 1.47. The van der Waals surface area contributed by atoms with Crippen LogP contribution < -0.4 is 10.1 Å². The van der Waals surface area contributed by atoms with E-state index in [1.165, 1.54) is 25.3 Å². The Morgan fingerprint density at radius 2 is 2.16 bits per heavy atom. The normalized spacial score (nSPS) is 11.8. The van der Waals surface area contributed by atoms with Gasteiger partial charge >= 0.3 is 0 Å². The van der Waals surface area contributed by atoms with Gasteiger partial charge in [-0.3, -0.25) is 9.78 Å². The molecule has 0 aliphatic heterocycles. The fourth-order valence-electron chi connectivity index (χ4n) is 2.33. The first-order valence-electron chi connectivity index (χ1n) is 7.60. The van der Waals surface area contributed by atoms with E-state index in [-0.39, 0.29) is 11.4 Å². The number of rotatable bonds is 5. The van der Waals surface area contributed by atoms with Gasteiger partial charge in [-0.2, -0.15) is 0 Å². The molecule has 3 rings (SSSR count). The predicted molar refractivity (Wildman–Crippen MR) is 88.6 cm³/mol. The Balaban J connectivity index is 1.72. The van der Waals surface area contributed by atoms with Gasteiger partial charge in [0.15, 0.2) is 23.0 Å². The van der Waals surface area contributed by atoms with Gasteiger partial charge < -0.3 is 14.6 Å². The van der Waals surface area contributed by atoms with Crippen LogP contribution in [0.2, 0.25) is 0 Å². The number of hydrogen-bond donors (Lipinski definition) is 1. The Kier molecular flexibility index (Phi) is 4.74. The highest BCUT2D eigenvalue weighted by atomic mass is 19.1. The average Bonchev–Trinajstić information content (AvgIpc) is 3.12. The fourth-order valence-corrected chi connectivity index (χ4v) is 2.33. The third-order valence-corrected chi connectivity index (χ3v) is 3.71. The summed E-state index contributed by atoms with van der Waals surface area (Å²) in [7, 11) is 1.40. The van der Waals surface area contributed by atoms with E-state index in [2.05, 4.69) is 15.5 Å². The monoisotopic (exact) mass is 341 g/mol. The first-order valence-corrected chi connectivity index (χ1v) is 7.60. The zero-order chi connectivity index (χ0) is 17.8. The number of nitrogens with one attached hydrogen (secondary N) is 1. The van der Waals surface area contributed by atoms with E-state index in [4.69, 9.17) is 9.26 Å². The number of amides is 1. The molecule has 0 bridgehead atoms. The first kappa shape index (κ1) is 16.6. The molecule has 1 N–H and O–H groups in total. The molecule has 0 fully saturated rings. The van der Waals surface area contributed by atoms with E-state index >= 15 is 0 Å². The summed E-state index contributed by atoms with van der Waals surface area (Å²) in [6.07, 6.45) is 3.26. The van der Waals surface area contributed by atoms with Crippen molar-refractivity contribution in [3.05, 3.63) is 65.9 Å². The van der Waals surface area contributed by atoms with Crippen molar-refractivity contribution in [3.8, 4) is 17.1 Å². The van der Waals surface area contributed by atoms with Crippen molar-refractivity contribution in [1.29, 1.82) is 0 Å². The van der Waals surface area contributed by atoms with E-state index < -0.39 is 17.8 Å². The number of methoxy groups -OCH3 is 1. The first-order chi connectivity index (χ1) is 12.1. The summed E-state index contributed by atoms with van der Waals surface area (Å²) < 4.78 is 23.9. The van der Waals surface area contributed by atoms with E-state index in [1.807, 2.05) is 0 Å². The molecule has 7 heteroatoms. The number of halogens is 1. The molecule has 1 aromatic carbocycles. The summed E-state index contributed by atoms with van der Waals surface area (Å²) >= 11 is 0. The van der Waals surface area contributed by atoms with Gasteiger partial charge in [0.1, 0.15) is 0 Å². The molecule has 0 aliphatic rings. The zero-order valence-corrected chi connectivity index (χ0v) is 13.7. The summed E-state index contributed by atoms with van der Waals surface area (Å²) in [6, 6.07) is 9.23. The second-order valence-electron chi connectivity index (χ2n) is 5.41. The lowest BCUT2D eigenvalue weighted by Crippen LogP contribution is -2.26. The van der Waals surface area contributed by atoms with Crippen LogP contribution >= 0.6 is 0 Å². The Bertz CT molecular complexity index is 880. The lowest BCUT2D eigenvalue weighted by Gasteiger charge is -2.14.